The third-order valence-electron chi connectivity index (χ3n) is 4.32. The minimum Gasteiger partial charge on any atom is -0.310 e. The molecule has 2 aliphatic heterocycles. The fourth-order valence-electron chi connectivity index (χ4n) is 3.00. The number of hydrazine groups is 1. The number of rotatable bonds is 2. The SMILES string of the molecule is O=C1NNCC(N2CCN(c3cccc(C(F)(F)F)c3)C(=O)C2)C1Cl. The summed E-state index contributed by atoms with van der Waals surface area (Å²) in [7, 11) is 0. The zero-order chi connectivity index (χ0) is 18.2. The lowest BCUT2D eigenvalue weighted by Crippen LogP contribution is -2.65. The molecule has 2 N–H and O–H groups in total. The molecule has 10 heteroatoms. The van der Waals surface area contributed by atoms with Crippen LogP contribution in [0.3, 0.4) is 0 Å². The number of hydrogen-bond acceptors (Lipinski definition) is 4. The molecule has 6 nitrogen and oxygen atoms in total. The summed E-state index contributed by atoms with van der Waals surface area (Å²) in [5.41, 5.74) is 4.55. The van der Waals surface area contributed by atoms with Gasteiger partial charge in [-0.1, -0.05) is 6.07 Å². The Labute approximate surface area is 146 Å². The Morgan fingerprint density at radius 1 is 1.20 bits per heavy atom. The average Bonchev–Trinajstić information content (AvgIpc) is 2.56. The monoisotopic (exact) mass is 376 g/mol. The molecular formula is C15H16ClF3N4O2. The van der Waals surface area contributed by atoms with Crippen LogP contribution in [0.4, 0.5) is 18.9 Å². The zero-order valence-electron chi connectivity index (χ0n) is 13.0. The van der Waals surface area contributed by atoms with Crippen molar-refractivity contribution < 1.29 is 22.8 Å². The summed E-state index contributed by atoms with van der Waals surface area (Å²) in [5, 5.41) is -0.797. The minimum atomic E-state index is -4.46. The second-order valence-corrected chi connectivity index (χ2v) is 6.37. The molecule has 2 fully saturated rings. The van der Waals surface area contributed by atoms with Gasteiger partial charge in [-0.3, -0.25) is 19.9 Å². The van der Waals surface area contributed by atoms with Crippen LogP contribution in [-0.2, 0) is 15.8 Å². The topological polar surface area (TPSA) is 64.7 Å². The highest BCUT2D eigenvalue weighted by molar-refractivity contribution is 6.31. The van der Waals surface area contributed by atoms with E-state index in [-0.39, 0.29) is 36.6 Å². The van der Waals surface area contributed by atoms with Gasteiger partial charge in [-0.2, -0.15) is 13.2 Å². The van der Waals surface area contributed by atoms with Gasteiger partial charge in [0.05, 0.1) is 12.1 Å². The van der Waals surface area contributed by atoms with Gasteiger partial charge >= 0.3 is 6.18 Å². The van der Waals surface area contributed by atoms with Crippen molar-refractivity contribution in [2.45, 2.75) is 17.6 Å². The first kappa shape index (κ1) is 18.0. The second-order valence-electron chi connectivity index (χ2n) is 5.90. The van der Waals surface area contributed by atoms with Gasteiger partial charge in [-0.15, -0.1) is 11.6 Å². The van der Waals surface area contributed by atoms with Crippen molar-refractivity contribution in [1.82, 2.24) is 15.8 Å². The summed E-state index contributed by atoms with van der Waals surface area (Å²) >= 11 is 6.09. The van der Waals surface area contributed by atoms with Crippen LogP contribution in [0.15, 0.2) is 24.3 Å². The Morgan fingerprint density at radius 2 is 1.96 bits per heavy atom. The van der Waals surface area contributed by atoms with E-state index in [4.69, 9.17) is 11.6 Å². The molecule has 136 valence electrons. The third kappa shape index (κ3) is 3.73. The summed E-state index contributed by atoms with van der Waals surface area (Å²) in [6.07, 6.45) is -4.46. The normalized spacial score (nSPS) is 25.8. The lowest BCUT2D eigenvalue weighted by atomic mass is 10.1. The fraction of sp³-hybridized carbons (Fsp3) is 0.467. The predicted octanol–water partition coefficient (Wildman–Crippen LogP) is 0.964. The van der Waals surface area contributed by atoms with Crippen LogP contribution in [-0.4, -0.2) is 54.3 Å². The number of carbonyl (C=O) groups excluding carboxylic acids is 2. The Hall–Kier alpha value is -1.84. The number of anilines is 1. The van der Waals surface area contributed by atoms with Crippen molar-refractivity contribution in [3.63, 3.8) is 0 Å². The first-order chi connectivity index (χ1) is 11.8. The maximum absolute atomic E-state index is 12.8. The van der Waals surface area contributed by atoms with Crippen molar-refractivity contribution in [3.05, 3.63) is 29.8 Å². The standard InChI is InChI=1S/C15H16ClF3N4O2/c16-13-11(7-20-21-14(13)25)22-4-5-23(12(24)8-22)10-3-1-2-9(6-10)15(17,18)19/h1-3,6,11,13,20H,4-5,7-8H2,(H,21,25). The van der Waals surface area contributed by atoms with Crippen LogP contribution in [0.2, 0.25) is 0 Å². The van der Waals surface area contributed by atoms with E-state index in [0.29, 0.717) is 13.1 Å². The molecule has 2 unspecified atom stereocenters. The number of nitrogens with zero attached hydrogens (tertiary/aromatic N) is 2. The minimum absolute atomic E-state index is 0.0148. The number of carbonyl (C=O) groups is 2. The van der Waals surface area contributed by atoms with Gasteiger partial charge in [-0.25, -0.2) is 5.43 Å². The number of hydrogen-bond donors (Lipinski definition) is 2. The van der Waals surface area contributed by atoms with E-state index in [1.165, 1.54) is 17.0 Å². The van der Waals surface area contributed by atoms with Crippen LogP contribution < -0.4 is 15.8 Å². The predicted molar refractivity (Wildman–Crippen MR) is 84.9 cm³/mol. The molecule has 0 aliphatic carbocycles. The number of alkyl halides is 4. The van der Waals surface area contributed by atoms with Crippen LogP contribution in [0.25, 0.3) is 0 Å². The van der Waals surface area contributed by atoms with E-state index >= 15 is 0 Å². The van der Waals surface area contributed by atoms with Crippen LogP contribution >= 0.6 is 11.6 Å². The largest absolute Gasteiger partial charge is 0.416 e. The van der Waals surface area contributed by atoms with Crippen molar-refractivity contribution in [2.75, 3.05) is 31.1 Å². The Kier molecular flexibility index (Phi) is 4.90. The third-order valence-corrected chi connectivity index (χ3v) is 4.80. The average molecular weight is 377 g/mol. The maximum Gasteiger partial charge on any atom is 0.416 e. The quantitative estimate of drug-likeness (QED) is 0.755. The summed E-state index contributed by atoms with van der Waals surface area (Å²) in [4.78, 5) is 27.1. The van der Waals surface area contributed by atoms with Gasteiger partial charge in [0.25, 0.3) is 5.91 Å². The molecule has 2 aliphatic rings. The number of piperazine rings is 1. The highest BCUT2D eigenvalue weighted by atomic mass is 35.5. The molecule has 0 radical (unpaired) electrons. The molecule has 1 aromatic rings. The first-order valence-electron chi connectivity index (χ1n) is 7.66. The number of benzene rings is 1. The molecule has 3 rings (SSSR count). The van der Waals surface area contributed by atoms with Crippen molar-refractivity contribution in [1.29, 1.82) is 0 Å². The highest BCUT2D eigenvalue weighted by Crippen LogP contribution is 2.32. The van der Waals surface area contributed by atoms with Gasteiger partial charge in [0.2, 0.25) is 5.91 Å². The van der Waals surface area contributed by atoms with Crippen molar-refractivity contribution >= 4 is 29.1 Å². The summed E-state index contributed by atoms with van der Waals surface area (Å²) in [5.74, 6) is -0.703. The number of nitrogens with one attached hydrogen (secondary N) is 2. The summed E-state index contributed by atoms with van der Waals surface area (Å²) in [6.45, 7) is 1.00. The highest BCUT2D eigenvalue weighted by Gasteiger charge is 2.38. The Balaban J connectivity index is 1.72. The Bertz CT molecular complexity index is 685. The molecule has 2 heterocycles. The number of amides is 2. The first-order valence-corrected chi connectivity index (χ1v) is 8.09. The lowest BCUT2D eigenvalue weighted by molar-refractivity contribution is -0.137. The maximum atomic E-state index is 12.8. The van der Waals surface area contributed by atoms with Gasteiger partial charge in [0.15, 0.2) is 0 Å². The molecule has 1 aromatic carbocycles. The molecule has 2 saturated heterocycles. The molecule has 0 bridgehead atoms. The van der Waals surface area contributed by atoms with E-state index < -0.39 is 17.1 Å². The smallest absolute Gasteiger partial charge is 0.310 e. The zero-order valence-corrected chi connectivity index (χ0v) is 13.8. The Morgan fingerprint density at radius 3 is 2.64 bits per heavy atom. The fourth-order valence-corrected chi connectivity index (χ4v) is 3.30. The van der Waals surface area contributed by atoms with Crippen LogP contribution in [0.1, 0.15) is 5.56 Å². The summed E-state index contributed by atoms with van der Waals surface area (Å²) in [6, 6.07) is 4.33. The van der Waals surface area contributed by atoms with E-state index in [1.807, 2.05) is 0 Å². The van der Waals surface area contributed by atoms with Crippen LogP contribution in [0, 0.1) is 0 Å². The van der Waals surface area contributed by atoms with Gasteiger partial charge in [0, 0.05) is 31.4 Å². The van der Waals surface area contributed by atoms with Crippen molar-refractivity contribution in [2.24, 2.45) is 0 Å². The van der Waals surface area contributed by atoms with E-state index in [9.17, 15) is 22.8 Å². The van der Waals surface area contributed by atoms with Crippen molar-refractivity contribution in [3.8, 4) is 0 Å². The second kappa shape index (κ2) is 6.81. The van der Waals surface area contributed by atoms with E-state index in [0.717, 1.165) is 12.1 Å². The van der Waals surface area contributed by atoms with Crippen LogP contribution in [0.5, 0.6) is 0 Å². The molecule has 2 atom stereocenters. The van der Waals surface area contributed by atoms with Gasteiger partial charge in [0.1, 0.15) is 5.38 Å². The lowest BCUT2D eigenvalue weighted by Gasteiger charge is -2.41. The van der Waals surface area contributed by atoms with Gasteiger partial charge in [-0.05, 0) is 18.2 Å². The van der Waals surface area contributed by atoms with E-state index in [2.05, 4.69) is 10.9 Å². The van der Waals surface area contributed by atoms with E-state index in [1.54, 1.807) is 4.90 Å². The molecule has 0 spiro atoms. The molecule has 0 saturated carbocycles. The molecular weight excluding hydrogens is 361 g/mol. The number of halogens is 4. The molecule has 25 heavy (non-hydrogen) atoms. The van der Waals surface area contributed by atoms with Gasteiger partial charge < -0.3 is 4.90 Å². The molecule has 2 amide bonds. The molecule has 0 aromatic heterocycles. The summed E-state index contributed by atoms with van der Waals surface area (Å²) < 4.78 is 38.5.